The second-order valence-electron chi connectivity index (χ2n) is 4.87. The maximum absolute atomic E-state index is 13.3. The van der Waals surface area contributed by atoms with Gasteiger partial charge in [-0.05, 0) is 30.3 Å². The second-order valence-corrected chi connectivity index (χ2v) is 6.95. The van der Waals surface area contributed by atoms with Crippen LogP contribution in [0.4, 0.5) is 14.5 Å². The van der Waals surface area contributed by atoms with E-state index in [0.717, 1.165) is 12.1 Å². The Morgan fingerprint density at radius 3 is 2.50 bits per heavy atom. The van der Waals surface area contributed by atoms with Crippen LogP contribution in [-0.2, 0) is 9.84 Å². The van der Waals surface area contributed by atoms with E-state index in [1.807, 2.05) is 0 Å². The molecule has 22 heavy (non-hydrogen) atoms. The maximum atomic E-state index is 13.3. The number of rotatable bonds is 1. The van der Waals surface area contributed by atoms with Gasteiger partial charge in [-0.3, -0.25) is 4.79 Å². The van der Waals surface area contributed by atoms with Crippen molar-refractivity contribution in [3.05, 3.63) is 59.7 Å². The van der Waals surface area contributed by atoms with E-state index in [0.29, 0.717) is 0 Å². The summed E-state index contributed by atoms with van der Waals surface area (Å²) in [6, 6.07) is 8.98. The largest absolute Gasteiger partial charge is 0.306 e. The van der Waals surface area contributed by atoms with Gasteiger partial charge in [-0.1, -0.05) is 12.1 Å². The molecule has 114 valence electrons. The van der Waals surface area contributed by atoms with Gasteiger partial charge in [0.05, 0.1) is 16.3 Å². The van der Waals surface area contributed by atoms with Crippen LogP contribution in [0.25, 0.3) is 0 Å². The summed E-state index contributed by atoms with van der Waals surface area (Å²) in [5.41, 5.74) is 0.219. The van der Waals surface area contributed by atoms with Crippen LogP contribution < -0.4 is 4.90 Å². The minimum absolute atomic E-state index is 0.0306. The van der Waals surface area contributed by atoms with Crippen molar-refractivity contribution in [1.29, 1.82) is 0 Å². The number of para-hydroxylation sites is 1. The quantitative estimate of drug-likeness (QED) is 0.810. The zero-order chi connectivity index (χ0) is 15.9. The number of benzene rings is 2. The van der Waals surface area contributed by atoms with E-state index >= 15 is 0 Å². The zero-order valence-electron chi connectivity index (χ0n) is 11.3. The van der Waals surface area contributed by atoms with Crippen LogP contribution in [0.3, 0.4) is 0 Å². The standard InChI is InChI=1S/C15H11F2NO3S/c16-11-6-5-10(9-12(11)17)15(19)18-7-8-22(20,21)14-4-2-1-3-13(14)18/h1-6,9H,7-8H2. The predicted molar refractivity (Wildman–Crippen MR) is 76.5 cm³/mol. The van der Waals surface area contributed by atoms with Crippen molar-refractivity contribution < 1.29 is 22.0 Å². The fraction of sp³-hybridized carbons (Fsp3) is 0.133. The van der Waals surface area contributed by atoms with E-state index in [9.17, 15) is 22.0 Å². The van der Waals surface area contributed by atoms with Crippen LogP contribution in [0.2, 0.25) is 0 Å². The number of carbonyl (C=O) groups is 1. The number of halogens is 2. The molecule has 0 fully saturated rings. The van der Waals surface area contributed by atoms with Crippen LogP contribution in [0.5, 0.6) is 0 Å². The topological polar surface area (TPSA) is 54.5 Å². The van der Waals surface area contributed by atoms with Gasteiger partial charge >= 0.3 is 0 Å². The Labute approximate surface area is 125 Å². The fourth-order valence-electron chi connectivity index (χ4n) is 2.38. The van der Waals surface area contributed by atoms with Gasteiger partial charge in [0.15, 0.2) is 21.5 Å². The first kappa shape index (κ1) is 14.6. The Morgan fingerprint density at radius 1 is 1.05 bits per heavy atom. The summed E-state index contributed by atoms with van der Waals surface area (Å²) in [4.78, 5) is 13.8. The first-order valence-electron chi connectivity index (χ1n) is 6.49. The van der Waals surface area contributed by atoms with Crippen LogP contribution in [-0.4, -0.2) is 26.6 Å². The molecule has 2 aromatic carbocycles. The van der Waals surface area contributed by atoms with E-state index in [1.54, 1.807) is 12.1 Å². The van der Waals surface area contributed by atoms with Crippen molar-refractivity contribution >= 4 is 21.4 Å². The SMILES string of the molecule is O=C(c1ccc(F)c(F)c1)N1CCS(=O)(=O)c2ccccc21. The van der Waals surface area contributed by atoms with Crippen molar-refractivity contribution in [1.82, 2.24) is 0 Å². The predicted octanol–water partition coefficient (Wildman–Crippen LogP) is 2.40. The normalized spacial score (nSPS) is 16.2. The molecule has 1 amide bonds. The fourth-order valence-corrected chi connectivity index (χ4v) is 3.81. The molecule has 0 saturated carbocycles. The van der Waals surface area contributed by atoms with E-state index in [-0.39, 0.29) is 28.4 Å². The van der Waals surface area contributed by atoms with E-state index in [1.165, 1.54) is 23.1 Å². The highest BCUT2D eigenvalue weighted by Gasteiger charge is 2.31. The lowest BCUT2D eigenvalue weighted by molar-refractivity contribution is 0.0987. The molecule has 0 spiro atoms. The number of hydrogen-bond acceptors (Lipinski definition) is 3. The van der Waals surface area contributed by atoms with Crippen LogP contribution in [0.1, 0.15) is 10.4 Å². The van der Waals surface area contributed by atoms with Crippen molar-refractivity contribution in [2.45, 2.75) is 4.90 Å². The van der Waals surface area contributed by atoms with E-state index in [2.05, 4.69) is 0 Å². The second kappa shape index (κ2) is 5.17. The molecule has 0 atom stereocenters. The maximum Gasteiger partial charge on any atom is 0.258 e. The van der Waals surface area contributed by atoms with Crippen molar-refractivity contribution in [2.24, 2.45) is 0 Å². The molecule has 0 radical (unpaired) electrons. The molecule has 1 aliphatic rings. The highest BCUT2D eigenvalue weighted by atomic mass is 32.2. The third-order valence-electron chi connectivity index (χ3n) is 3.49. The highest BCUT2D eigenvalue weighted by Crippen LogP contribution is 2.31. The van der Waals surface area contributed by atoms with Gasteiger partial charge in [0.2, 0.25) is 0 Å². The van der Waals surface area contributed by atoms with Gasteiger partial charge in [0.25, 0.3) is 5.91 Å². The van der Waals surface area contributed by atoms with Gasteiger partial charge in [-0.2, -0.15) is 0 Å². The van der Waals surface area contributed by atoms with Gasteiger partial charge in [0, 0.05) is 12.1 Å². The Balaban J connectivity index is 2.06. The third-order valence-corrected chi connectivity index (χ3v) is 5.22. The van der Waals surface area contributed by atoms with Crippen LogP contribution in [0, 0.1) is 11.6 Å². The Kier molecular flexibility index (Phi) is 3.44. The third kappa shape index (κ3) is 2.37. The Hall–Kier alpha value is -2.28. The number of fused-ring (bicyclic) bond motifs is 1. The minimum atomic E-state index is -3.43. The van der Waals surface area contributed by atoms with E-state index < -0.39 is 27.4 Å². The molecule has 0 bridgehead atoms. The zero-order valence-corrected chi connectivity index (χ0v) is 12.1. The summed E-state index contributed by atoms with van der Waals surface area (Å²) in [6.07, 6.45) is 0. The molecule has 1 heterocycles. The molecule has 0 unspecified atom stereocenters. The monoisotopic (exact) mass is 323 g/mol. The summed E-state index contributed by atoms with van der Waals surface area (Å²) < 4.78 is 50.3. The molecule has 0 aliphatic carbocycles. The number of nitrogens with zero attached hydrogens (tertiary/aromatic N) is 1. The molecule has 0 N–H and O–H groups in total. The van der Waals surface area contributed by atoms with E-state index in [4.69, 9.17) is 0 Å². The molecule has 3 rings (SSSR count). The smallest absolute Gasteiger partial charge is 0.258 e. The first-order valence-corrected chi connectivity index (χ1v) is 8.14. The van der Waals surface area contributed by atoms with Crippen LogP contribution >= 0.6 is 0 Å². The van der Waals surface area contributed by atoms with Crippen molar-refractivity contribution in [2.75, 3.05) is 17.2 Å². The summed E-state index contributed by atoms with van der Waals surface area (Å²) in [5, 5.41) is 0. The van der Waals surface area contributed by atoms with Gasteiger partial charge < -0.3 is 4.90 Å². The minimum Gasteiger partial charge on any atom is -0.306 e. The lowest BCUT2D eigenvalue weighted by atomic mass is 10.1. The number of sulfone groups is 1. The van der Waals surface area contributed by atoms with Crippen LogP contribution in [0.15, 0.2) is 47.4 Å². The molecule has 4 nitrogen and oxygen atoms in total. The molecular weight excluding hydrogens is 312 g/mol. The molecule has 0 aromatic heterocycles. The average Bonchev–Trinajstić information content (AvgIpc) is 2.50. The lowest BCUT2D eigenvalue weighted by Gasteiger charge is -2.29. The molecule has 7 heteroatoms. The summed E-state index contributed by atoms with van der Waals surface area (Å²) in [7, 11) is -3.43. The molecule has 1 aliphatic heterocycles. The molecule has 0 saturated heterocycles. The number of amides is 1. The summed E-state index contributed by atoms with van der Waals surface area (Å²) in [6.45, 7) is -0.0306. The number of hydrogen-bond donors (Lipinski definition) is 0. The summed E-state index contributed by atoms with van der Waals surface area (Å²) >= 11 is 0. The van der Waals surface area contributed by atoms with Crippen molar-refractivity contribution in [3.63, 3.8) is 0 Å². The van der Waals surface area contributed by atoms with Gasteiger partial charge in [0.1, 0.15) is 0 Å². The molecule has 2 aromatic rings. The number of carbonyl (C=O) groups excluding carboxylic acids is 1. The van der Waals surface area contributed by atoms with Gasteiger partial charge in [-0.25, -0.2) is 17.2 Å². The van der Waals surface area contributed by atoms with Crippen molar-refractivity contribution in [3.8, 4) is 0 Å². The lowest BCUT2D eigenvalue weighted by Crippen LogP contribution is -2.39. The Morgan fingerprint density at radius 2 is 1.77 bits per heavy atom. The summed E-state index contributed by atoms with van der Waals surface area (Å²) in [5.74, 6) is -2.94. The molecular formula is C15H11F2NO3S. The van der Waals surface area contributed by atoms with Gasteiger partial charge in [-0.15, -0.1) is 0 Å². The Bertz CT molecular complexity index is 865. The first-order chi connectivity index (χ1) is 10.4. The highest BCUT2D eigenvalue weighted by molar-refractivity contribution is 7.91. The average molecular weight is 323 g/mol. The number of anilines is 1.